The molecule has 0 aliphatic heterocycles. The molecule has 0 aliphatic rings. The summed E-state index contributed by atoms with van der Waals surface area (Å²) in [6, 6.07) is -1.12. The van der Waals surface area contributed by atoms with E-state index in [4.69, 9.17) is 5.73 Å². The molecule has 80 valence electrons. The summed E-state index contributed by atoms with van der Waals surface area (Å²) in [6.45, 7) is 3.96. The van der Waals surface area contributed by atoms with Crippen LogP contribution in [0.2, 0.25) is 0 Å². The Hall–Kier alpha value is -0.970. The maximum absolute atomic E-state index is 12.1. The molecule has 0 saturated carbocycles. The molecule has 3 nitrogen and oxygen atoms in total. The molecule has 1 aromatic heterocycles. The number of halogens is 2. The molecule has 1 heterocycles. The number of nitrogens with zero attached hydrogens (tertiary/aromatic N) is 1. The van der Waals surface area contributed by atoms with Crippen LogP contribution in [-0.2, 0) is 6.42 Å². The summed E-state index contributed by atoms with van der Waals surface area (Å²) in [5.74, 6) is 1.08. The predicted molar refractivity (Wildman–Crippen MR) is 50.4 cm³/mol. The molecule has 0 fully saturated rings. The van der Waals surface area contributed by atoms with E-state index < -0.39 is 12.5 Å². The van der Waals surface area contributed by atoms with Crippen molar-refractivity contribution >= 4 is 0 Å². The molecule has 14 heavy (non-hydrogen) atoms. The summed E-state index contributed by atoms with van der Waals surface area (Å²) in [4.78, 5) is 7.05. The zero-order valence-electron chi connectivity index (χ0n) is 8.30. The molecule has 0 amide bonds. The molecule has 1 atom stereocenters. The van der Waals surface area contributed by atoms with E-state index in [1.54, 1.807) is 6.20 Å². The standard InChI is InChI=1S/C9H15F2N3/c1-5(2)9-13-4-6(14-9)3-7(12)8(10)11/h4-5,7-8H,3,12H2,1-2H3,(H,13,14). The van der Waals surface area contributed by atoms with Gasteiger partial charge in [-0.15, -0.1) is 0 Å². The van der Waals surface area contributed by atoms with E-state index in [1.807, 2.05) is 13.8 Å². The number of imidazole rings is 1. The highest BCUT2D eigenvalue weighted by atomic mass is 19.3. The second-order valence-corrected chi connectivity index (χ2v) is 3.65. The van der Waals surface area contributed by atoms with Crippen LogP contribution in [-0.4, -0.2) is 22.4 Å². The van der Waals surface area contributed by atoms with Gasteiger partial charge in [0.2, 0.25) is 0 Å². The van der Waals surface area contributed by atoms with Crippen molar-refractivity contribution in [2.24, 2.45) is 5.73 Å². The van der Waals surface area contributed by atoms with Gasteiger partial charge in [0.05, 0.1) is 6.04 Å². The largest absolute Gasteiger partial charge is 0.346 e. The Morgan fingerprint density at radius 3 is 2.57 bits per heavy atom. The van der Waals surface area contributed by atoms with Gasteiger partial charge in [-0.1, -0.05) is 13.8 Å². The minimum absolute atomic E-state index is 0.136. The van der Waals surface area contributed by atoms with Crippen LogP contribution in [0.15, 0.2) is 6.20 Å². The first kappa shape index (κ1) is 11.1. The zero-order valence-corrected chi connectivity index (χ0v) is 8.30. The van der Waals surface area contributed by atoms with Crippen LogP contribution in [0, 0.1) is 0 Å². The minimum Gasteiger partial charge on any atom is -0.346 e. The summed E-state index contributed by atoms with van der Waals surface area (Å²) in [5, 5.41) is 0. The third-order valence-corrected chi connectivity index (χ3v) is 1.97. The molecule has 1 aromatic rings. The maximum Gasteiger partial charge on any atom is 0.253 e. The Morgan fingerprint density at radius 1 is 1.50 bits per heavy atom. The molecule has 3 N–H and O–H groups in total. The van der Waals surface area contributed by atoms with E-state index in [9.17, 15) is 8.78 Å². The summed E-state index contributed by atoms with van der Waals surface area (Å²) in [5.41, 5.74) is 5.90. The third kappa shape index (κ3) is 2.77. The van der Waals surface area contributed by atoms with Crippen molar-refractivity contribution < 1.29 is 8.78 Å². The molecular weight excluding hydrogens is 188 g/mol. The molecule has 1 rings (SSSR count). The van der Waals surface area contributed by atoms with Gasteiger partial charge >= 0.3 is 0 Å². The number of alkyl halides is 2. The third-order valence-electron chi connectivity index (χ3n) is 1.97. The predicted octanol–water partition coefficient (Wildman–Crippen LogP) is 1.67. The summed E-state index contributed by atoms with van der Waals surface area (Å²) in [7, 11) is 0. The van der Waals surface area contributed by atoms with Crippen molar-refractivity contribution in [3.8, 4) is 0 Å². The lowest BCUT2D eigenvalue weighted by molar-refractivity contribution is 0.115. The monoisotopic (exact) mass is 203 g/mol. The van der Waals surface area contributed by atoms with Crippen LogP contribution in [0.25, 0.3) is 0 Å². The Morgan fingerprint density at radius 2 is 2.14 bits per heavy atom. The highest BCUT2D eigenvalue weighted by Gasteiger charge is 2.16. The Bertz CT molecular complexity index is 283. The first-order valence-corrected chi connectivity index (χ1v) is 4.58. The number of aromatic amines is 1. The molecule has 0 aromatic carbocycles. The lowest BCUT2D eigenvalue weighted by Gasteiger charge is -2.07. The average molecular weight is 203 g/mol. The van der Waals surface area contributed by atoms with Crippen molar-refractivity contribution in [1.82, 2.24) is 9.97 Å². The van der Waals surface area contributed by atoms with Crippen molar-refractivity contribution in [1.29, 1.82) is 0 Å². The second kappa shape index (κ2) is 4.50. The minimum atomic E-state index is -2.49. The molecule has 0 radical (unpaired) electrons. The summed E-state index contributed by atoms with van der Waals surface area (Å²) >= 11 is 0. The fourth-order valence-corrected chi connectivity index (χ4v) is 1.12. The van der Waals surface area contributed by atoms with E-state index in [-0.39, 0.29) is 12.3 Å². The highest BCUT2D eigenvalue weighted by Crippen LogP contribution is 2.11. The van der Waals surface area contributed by atoms with Crippen LogP contribution in [0.5, 0.6) is 0 Å². The lowest BCUT2D eigenvalue weighted by Crippen LogP contribution is -2.31. The van der Waals surface area contributed by atoms with Crippen molar-refractivity contribution in [2.45, 2.75) is 38.7 Å². The first-order chi connectivity index (χ1) is 6.50. The maximum atomic E-state index is 12.1. The number of aromatic nitrogens is 2. The Labute approximate surface area is 81.7 Å². The van der Waals surface area contributed by atoms with E-state index in [0.29, 0.717) is 5.69 Å². The molecule has 0 spiro atoms. The lowest BCUT2D eigenvalue weighted by atomic mass is 10.2. The smallest absolute Gasteiger partial charge is 0.253 e. The van der Waals surface area contributed by atoms with Crippen LogP contribution >= 0.6 is 0 Å². The number of nitrogens with two attached hydrogens (primary N) is 1. The first-order valence-electron chi connectivity index (χ1n) is 4.58. The van der Waals surface area contributed by atoms with Crippen LogP contribution in [0.3, 0.4) is 0 Å². The van der Waals surface area contributed by atoms with Gasteiger partial charge in [0.25, 0.3) is 6.43 Å². The van der Waals surface area contributed by atoms with Gasteiger partial charge in [0, 0.05) is 24.2 Å². The van der Waals surface area contributed by atoms with Gasteiger partial charge in [0.1, 0.15) is 5.82 Å². The van der Waals surface area contributed by atoms with E-state index in [0.717, 1.165) is 5.82 Å². The molecule has 0 bridgehead atoms. The number of hydrogen-bond donors (Lipinski definition) is 2. The van der Waals surface area contributed by atoms with Crippen molar-refractivity contribution in [2.75, 3.05) is 0 Å². The molecule has 1 unspecified atom stereocenters. The van der Waals surface area contributed by atoms with E-state index in [2.05, 4.69) is 9.97 Å². The SMILES string of the molecule is CC(C)c1ncc(CC(N)C(F)F)[nH]1. The van der Waals surface area contributed by atoms with Gasteiger partial charge in [-0.2, -0.15) is 0 Å². The van der Waals surface area contributed by atoms with Crippen LogP contribution in [0.4, 0.5) is 8.78 Å². The zero-order chi connectivity index (χ0) is 10.7. The highest BCUT2D eigenvalue weighted by molar-refractivity contribution is 5.05. The van der Waals surface area contributed by atoms with Gasteiger partial charge < -0.3 is 10.7 Å². The fraction of sp³-hybridized carbons (Fsp3) is 0.667. The number of H-pyrrole nitrogens is 1. The summed E-state index contributed by atoms with van der Waals surface area (Å²) in [6.07, 6.45) is -0.782. The van der Waals surface area contributed by atoms with Gasteiger partial charge in [-0.05, 0) is 0 Å². The number of nitrogens with one attached hydrogen (secondary N) is 1. The van der Waals surface area contributed by atoms with Gasteiger partial charge in [-0.25, -0.2) is 13.8 Å². The van der Waals surface area contributed by atoms with Gasteiger partial charge in [-0.3, -0.25) is 0 Å². The van der Waals surface area contributed by atoms with Crippen LogP contribution < -0.4 is 5.73 Å². The summed E-state index contributed by atoms with van der Waals surface area (Å²) < 4.78 is 24.2. The number of rotatable bonds is 4. The quantitative estimate of drug-likeness (QED) is 0.782. The van der Waals surface area contributed by atoms with E-state index in [1.165, 1.54) is 0 Å². The normalized spacial score (nSPS) is 13.9. The molecular formula is C9H15F2N3. The van der Waals surface area contributed by atoms with E-state index >= 15 is 0 Å². The van der Waals surface area contributed by atoms with Crippen LogP contribution in [0.1, 0.15) is 31.3 Å². The molecule has 0 aliphatic carbocycles. The van der Waals surface area contributed by atoms with Crippen molar-refractivity contribution in [3.63, 3.8) is 0 Å². The Balaban J connectivity index is 2.60. The fourth-order valence-electron chi connectivity index (χ4n) is 1.12. The van der Waals surface area contributed by atoms with Gasteiger partial charge in [0.15, 0.2) is 0 Å². The number of hydrogen-bond acceptors (Lipinski definition) is 2. The second-order valence-electron chi connectivity index (χ2n) is 3.65. The van der Waals surface area contributed by atoms with Crippen molar-refractivity contribution in [3.05, 3.63) is 17.7 Å². The topological polar surface area (TPSA) is 54.7 Å². The Kier molecular flexibility index (Phi) is 3.57. The average Bonchev–Trinajstić information content (AvgIpc) is 2.52. The molecule has 0 saturated heterocycles. The molecule has 5 heteroatoms.